The van der Waals surface area contributed by atoms with Crippen LogP contribution >= 0.6 is 11.8 Å². The number of methoxy groups -OCH3 is 1. The Kier molecular flexibility index (Phi) is 5.26. The van der Waals surface area contributed by atoms with E-state index in [0.29, 0.717) is 6.54 Å². The van der Waals surface area contributed by atoms with Crippen LogP contribution in [0.15, 0.2) is 23.4 Å². The highest BCUT2D eigenvalue weighted by Crippen LogP contribution is 2.27. The lowest BCUT2D eigenvalue weighted by molar-refractivity contribution is 0.411. The Bertz CT molecular complexity index is 685. The van der Waals surface area contributed by atoms with Gasteiger partial charge in [-0.25, -0.2) is 0 Å². The number of rotatable bonds is 4. The number of hydrogen-bond donors (Lipinski definition) is 1. The van der Waals surface area contributed by atoms with E-state index in [9.17, 15) is 0 Å². The number of nitrogens with two attached hydrogens (primary N) is 1. The molecule has 1 aromatic carbocycles. The lowest BCUT2D eigenvalue weighted by atomic mass is 10.1. The molecule has 2 aromatic rings. The summed E-state index contributed by atoms with van der Waals surface area (Å²) in [5.41, 5.74) is 7.42. The van der Waals surface area contributed by atoms with Gasteiger partial charge in [0, 0.05) is 23.9 Å². The number of ether oxygens (including phenoxy) is 1. The second kappa shape index (κ2) is 7.16. The Balaban J connectivity index is 2.19. The highest BCUT2D eigenvalue weighted by Gasteiger charge is 2.09. The maximum absolute atomic E-state index is 5.40. The second-order valence-electron chi connectivity index (χ2n) is 4.41. The van der Waals surface area contributed by atoms with Crippen LogP contribution in [0.3, 0.4) is 0 Å². The molecular weight excluding hydrogens is 284 g/mol. The smallest absolute Gasteiger partial charge is 0.191 e. The maximum Gasteiger partial charge on any atom is 0.191 e. The van der Waals surface area contributed by atoms with E-state index in [1.54, 1.807) is 18.9 Å². The SMILES string of the molecule is COc1ccc(C#CCN)cc1CSc1nnc(C)n1C. The normalized spacial score (nSPS) is 10.1. The fraction of sp³-hybridized carbons (Fsp3) is 0.333. The molecule has 2 N–H and O–H groups in total. The van der Waals surface area contributed by atoms with Gasteiger partial charge < -0.3 is 15.0 Å². The van der Waals surface area contributed by atoms with Crippen LogP contribution < -0.4 is 10.5 Å². The molecular formula is C15H18N4OS. The number of thioether (sulfide) groups is 1. The molecule has 0 aliphatic rings. The number of aryl methyl sites for hydroxylation is 1. The summed E-state index contributed by atoms with van der Waals surface area (Å²) in [6, 6.07) is 5.89. The molecule has 0 saturated heterocycles. The molecule has 1 heterocycles. The lowest BCUT2D eigenvalue weighted by Crippen LogP contribution is -1.96. The Hall–Kier alpha value is -1.97. The predicted octanol–water partition coefficient (Wildman–Crippen LogP) is 1.73. The van der Waals surface area contributed by atoms with E-state index in [4.69, 9.17) is 10.5 Å². The third kappa shape index (κ3) is 3.78. The lowest BCUT2D eigenvalue weighted by Gasteiger charge is -2.08. The van der Waals surface area contributed by atoms with Gasteiger partial charge in [-0.1, -0.05) is 23.6 Å². The first-order valence-corrected chi connectivity index (χ1v) is 7.49. The summed E-state index contributed by atoms with van der Waals surface area (Å²) in [6.07, 6.45) is 0. The van der Waals surface area contributed by atoms with Crippen LogP contribution in [-0.2, 0) is 12.8 Å². The summed E-state index contributed by atoms with van der Waals surface area (Å²) in [6.45, 7) is 2.29. The second-order valence-corrected chi connectivity index (χ2v) is 5.35. The van der Waals surface area contributed by atoms with Crippen molar-refractivity contribution in [1.29, 1.82) is 0 Å². The third-order valence-corrected chi connectivity index (χ3v) is 4.09. The molecule has 21 heavy (non-hydrogen) atoms. The van der Waals surface area contributed by atoms with Gasteiger partial charge in [0.05, 0.1) is 13.7 Å². The summed E-state index contributed by atoms with van der Waals surface area (Å²) in [7, 11) is 3.62. The van der Waals surface area contributed by atoms with Crippen LogP contribution in [0.25, 0.3) is 0 Å². The van der Waals surface area contributed by atoms with Crippen molar-refractivity contribution in [3.8, 4) is 17.6 Å². The molecule has 6 heteroatoms. The highest BCUT2D eigenvalue weighted by atomic mass is 32.2. The van der Waals surface area contributed by atoms with Crippen LogP contribution in [-0.4, -0.2) is 28.4 Å². The fourth-order valence-electron chi connectivity index (χ4n) is 1.78. The van der Waals surface area contributed by atoms with Crippen molar-refractivity contribution >= 4 is 11.8 Å². The molecule has 110 valence electrons. The van der Waals surface area contributed by atoms with E-state index in [0.717, 1.165) is 33.6 Å². The van der Waals surface area contributed by atoms with E-state index < -0.39 is 0 Å². The Morgan fingerprint density at radius 2 is 2.19 bits per heavy atom. The molecule has 0 bridgehead atoms. The molecule has 0 fully saturated rings. The first-order valence-electron chi connectivity index (χ1n) is 6.50. The number of aromatic nitrogens is 3. The van der Waals surface area contributed by atoms with Gasteiger partial charge in [-0.3, -0.25) is 0 Å². The van der Waals surface area contributed by atoms with Gasteiger partial charge in [0.15, 0.2) is 5.16 Å². The van der Waals surface area contributed by atoms with Gasteiger partial charge in [0.25, 0.3) is 0 Å². The topological polar surface area (TPSA) is 66.0 Å². The Labute approximate surface area is 128 Å². The van der Waals surface area contributed by atoms with E-state index in [-0.39, 0.29) is 0 Å². The summed E-state index contributed by atoms with van der Waals surface area (Å²) < 4.78 is 7.37. The third-order valence-electron chi connectivity index (χ3n) is 3.02. The highest BCUT2D eigenvalue weighted by molar-refractivity contribution is 7.98. The molecule has 0 saturated carbocycles. The molecule has 1 aromatic heterocycles. The average Bonchev–Trinajstić information content (AvgIpc) is 2.82. The summed E-state index contributed by atoms with van der Waals surface area (Å²) in [5.74, 6) is 8.38. The van der Waals surface area contributed by atoms with Crippen molar-refractivity contribution in [3.05, 3.63) is 35.2 Å². The van der Waals surface area contributed by atoms with E-state index in [1.165, 1.54) is 0 Å². The number of benzene rings is 1. The van der Waals surface area contributed by atoms with Crippen molar-refractivity contribution in [2.45, 2.75) is 17.8 Å². The minimum atomic E-state index is 0.355. The molecule has 2 rings (SSSR count). The van der Waals surface area contributed by atoms with Gasteiger partial charge in [0.1, 0.15) is 11.6 Å². The van der Waals surface area contributed by atoms with Crippen molar-refractivity contribution in [3.63, 3.8) is 0 Å². The van der Waals surface area contributed by atoms with Gasteiger partial charge in [0.2, 0.25) is 0 Å². The van der Waals surface area contributed by atoms with E-state index in [2.05, 4.69) is 22.0 Å². The number of hydrogen-bond acceptors (Lipinski definition) is 5. The predicted molar refractivity (Wildman–Crippen MR) is 84.2 cm³/mol. The minimum absolute atomic E-state index is 0.355. The fourth-order valence-corrected chi connectivity index (χ4v) is 2.71. The monoisotopic (exact) mass is 302 g/mol. The van der Waals surface area contributed by atoms with Gasteiger partial charge in [-0.05, 0) is 25.1 Å². The summed E-state index contributed by atoms with van der Waals surface area (Å²) in [5, 5.41) is 9.08. The van der Waals surface area contributed by atoms with Gasteiger partial charge in [-0.2, -0.15) is 0 Å². The molecule has 0 spiro atoms. The Morgan fingerprint density at radius 1 is 1.38 bits per heavy atom. The minimum Gasteiger partial charge on any atom is -0.496 e. The van der Waals surface area contributed by atoms with Gasteiger partial charge in [-0.15, -0.1) is 10.2 Å². The van der Waals surface area contributed by atoms with Crippen LogP contribution in [0, 0.1) is 18.8 Å². The number of nitrogens with zero attached hydrogens (tertiary/aromatic N) is 3. The first kappa shape index (κ1) is 15.4. The molecule has 0 radical (unpaired) electrons. The van der Waals surface area contributed by atoms with E-state index in [1.807, 2.05) is 36.7 Å². The molecule has 0 amide bonds. The Morgan fingerprint density at radius 3 is 2.81 bits per heavy atom. The largest absolute Gasteiger partial charge is 0.496 e. The quantitative estimate of drug-likeness (QED) is 0.688. The van der Waals surface area contributed by atoms with Gasteiger partial charge >= 0.3 is 0 Å². The molecule has 0 aliphatic carbocycles. The standard InChI is InChI=1S/C15H18N4OS/c1-11-17-18-15(19(11)2)21-10-13-9-12(5-4-8-16)6-7-14(13)20-3/h6-7,9H,8,10,16H2,1-3H3. The van der Waals surface area contributed by atoms with Crippen LogP contribution in [0.1, 0.15) is 17.0 Å². The average molecular weight is 302 g/mol. The van der Waals surface area contributed by atoms with Crippen molar-refractivity contribution in [2.75, 3.05) is 13.7 Å². The van der Waals surface area contributed by atoms with Crippen molar-refractivity contribution in [2.24, 2.45) is 12.8 Å². The van der Waals surface area contributed by atoms with Crippen LogP contribution in [0.5, 0.6) is 5.75 Å². The van der Waals surface area contributed by atoms with Crippen LogP contribution in [0.2, 0.25) is 0 Å². The van der Waals surface area contributed by atoms with E-state index >= 15 is 0 Å². The van der Waals surface area contributed by atoms with Crippen molar-refractivity contribution < 1.29 is 4.74 Å². The zero-order chi connectivity index (χ0) is 15.2. The molecule has 5 nitrogen and oxygen atoms in total. The summed E-state index contributed by atoms with van der Waals surface area (Å²) >= 11 is 1.62. The maximum atomic E-state index is 5.40. The van der Waals surface area contributed by atoms with Crippen LogP contribution in [0.4, 0.5) is 0 Å². The van der Waals surface area contributed by atoms with Crippen molar-refractivity contribution in [1.82, 2.24) is 14.8 Å². The zero-order valence-corrected chi connectivity index (χ0v) is 13.2. The zero-order valence-electron chi connectivity index (χ0n) is 12.4. The molecule has 0 atom stereocenters. The summed E-state index contributed by atoms with van der Waals surface area (Å²) in [4.78, 5) is 0. The molecule has 0 aliphatic heterocycles. The molecule has 0 unspecified atom stereocenters. The first-order chi connectivity index (χ1) is 10.2.